The van der Waals surface area contributed by atoms with Crippen molar-refractivity contribution in [2.75, 3.05) is 4.90 Å². The molecule has 0 spiro atoms. The van der Waals surface area contributed by atoms with Gasteiger partial charge in [-0.05, 0) is 57.1 Å². The van der Waals surface area contributed by atoms with Crippen LogP contribution in [0.2, 0.25) is 0 Å². The molecule has 7 rings (SSSR count). The van der Waals surface area contributed by atoms with Crippen LogP contribution in [-0.4, -0.2) is 0 Å². The maximum absolute atomic E-state index is 2.46. The van der Waals surface area contributed by atoms with Gasteiger partial charge in [-0.25, -0.2) is 0 Å². The number of nitrogens with zero attached hydrogens (tertiary/aromatic N) is 1. The molecular weight excluding hydrogens is 434 g/mol. The zero-order valence-corrected chi connectivity index (χ0v) is 20.6. The van der Waals surface area contributed by atoms with Crippen molar-refractivity contribution in [2.45, 2.75) is 19.3 Å². The van der Waals surface area contributed by atoms with E-state index in [-0.39, 0.29) is 5.41 Å². The smallest absolute Gasteiger partial charge is 0.0549 e. The molecule has 0 amide bonds. The molecule has 0 saturated heterocycles. The number of hydrogen-bond acceptors (Lipinski definition) is 1. The molecule has 1 nitrogen and oxygen atoms in total. The van der Waals surface area contributed by atoms with E-state index in [0.717, 1.165) is 5.69 Å². The summed E-state index contributed by atoms with van der Waals surface area (Å²) in [6, 6.07) is 46.3. The van der Waals surface area contributed by atoms with Gasteiger partial charge in [-0.1, -0.05) is 117 Å². The predicted molar refractivity (Wildman–Crippen MR) is 154 cm³/mol. The van der Waals surface area contributed by atoms with Crippen molar-refractivity contribution in [1.29, 1.82) is 0 Å². The number of fused-ring (bicyclic) bond motifs is 6. The lowest BCUT2D eigenvalue weighted by Gasteiger charge is -2.31. The zero-order valence-electron chi connectivity index (χ0n) is 20.6. The van der Waals surface area contributed by atoms with E-state index in [9.17, 15) is 0 Å². The summed E-state index contributed by atoms with van der Waals surface area (Å²) < 4.78 is 0. The van der Waals surface area contributed by atoms with Gasteiger partial charge in [0.2, 0.25) is 0 Å². The number of rotatable bonds is 3. The van der Waals surface area contributed by atoms with Crippen molar-refractivity contribution in [3.63, 3.8) is 0 Å². The van der Waals surface area contributed by atoms with Gasteiger partial charge in [-0.2, -0.15) is 0 Å². The fraction of sp³-hybridized carbons (Fsp3) is 0.0857. The molecule has 1 aliphatic carbocycles. The maximum Gasteiger partial charge on any atom is 0.0549 e. The van der Waals surface area contributed by atoms with Crippen LogP contribution in [-0.2, 0) is 5.41 Å². The molecule has 0 aliphatic heterocycles. The minimum absolute atomic E-state index is 0.0946. The van der Waals surface area contributed by atoms with E-state index in [2.05, 4.69) is 146 Å². The second-order valence-corrected chi connectivity index (χ2v) is 10.2. The third kappa shape index (κ3) is 2.96. The molecule has 0 unspecified atom stereocenters. The van der Waals surface area contributed by atoms with Crippen LogP contribution in [0.15, 0.2) is 127 Å². The zero-order chi connectivity index (χ0) is 24.3. The summed E-state index contributed by atoms with van der Waals surface area (Å²) in [4.78, 5) is 2.46. The number of anilines is 3. The highest BCUT2D eigenvalue weighted by Crippen LogP contribution is 2.56. The number of para-hydroxylation sites is 1. The summed E-state index contributed by atoms with van der Waals surface area (Å²) in [6.07, 6.45) is 0. The first-order chi connectivity index (χ1) is 17.6. The van der Waals surface area contributed by atoms with Crippen LogP contribution in [0.5, 0.6) is 0 Å². The van der Waals surface area contributed by atoms with E-state index in [4.69, 9.17) is 0 Å². The van der Waals surface area contributed by atoms with Crippen molar-refractivity contribution in [2.24, 2.45) is 0 Å². The standard InChI is InChI=1S/C35H27N/c1-35(2)30-21-11-10-20-29(30)33-32(23-25-14-7-9-19-28(25)34(33)35)36(26-16-4-3-5-17-26)31-22-12-15-24-13-6-8-18-27(24)31/h3-23H,1-2H3. The van der Waals surface area contributed by atoms with Gasteiger partial charge in [-0.3, -0.25) is 0 Å². The van der Waals surface area contributed by atoms with Crippen LogP contribution in [0, 0.1) is 0 Å². The molecule has 36 heavy (non-hydrogen) atoms. The van der Waals surface area contributed by atoms with Crippen LogP contribution < -0.4 is 4.90 Å². The first-order valence-corrected chi connectivity index (χ1v) is 12.6. The van der Waals surface area contributed by atoms with Gasteiger partial charge in [-0.15, -0.1) is 0 Å². The lowest BCUT2D eigenvalue weighted by molar-refractivity contribution is 0.666. The van der Waals surface area contributed by atoms with E-state index >= 15 is 0 Å². The summed E-state index contributed by atoms with van der Waals surface area (Å²) in [6.45, 7) is 4.75. The summed E-state index contributed by atoms with van der Waals surface area (Å²) >= 11 is 0. The van der Waals surface area contributed by atoms with Crippen LogP contribution in [0.4, 0.5) is 17.1 Å². The third-order valence-electron chi connectivity index (χ3n) is 7.79. The molecule has 0 N–H and O–H groups in total. The van der Waals surface area contributed by atoms with Crippen LogP contribution >= 0.6 is 0 Å². The van der Waals surface area contributed by atoms with E-state index in [1.54, 1.807) is 0 Å². The average Bonchev–Trinajstić information content (AvgIpc) is 3.17. The Bertz CT molecular complexity index is 1760. The lowest BCUT2D eigenvalue weighted by Crippen LogP contribution is -2.17. The van der Waals surface area contributed by atoms with Gasteiger partial charge in [0.25, 0.3) is 0 Å². The molecule has 0 aromatic heterocycles. The van der Waals surface area contributed by atoms with E-state index < -0.39 is 0 Å². The van der Waals surface area contributed by atoms with E-state index in [1.807, 2.05) is 0 Å². The highest BCUT2D eigenvalue weighted by atomic mass is 15.1. The molecule has 0 atom stereocenters. The molecule has 1 heteroatoms. The molecule has 6 aromatic carbocycles. The Kier molecular flexibility index (Phi) is 4.56. The Balaban J connectivity index is 1.65. The second kappa shape index (κ2) is 7.83. The molecule has 0 radical (unpaired) electrons. The normalized spacial score (nSPS) is 13.5. The fourth-order valence-corrected chi connectivity index (χ4v) is 6.20. The van der Waals surface area contributed by atoms with Crippen molar-refractivity contribution >= 4 is 38.6 Å². The maximum atomic E-state index is 2.46. The summed E-state index contributed by atoms with van der Waals surface area (Å²) in [7, 11) is 0. The fourth-order valence-electron chi connectivity index (χ4n) is 6.20. The quantitative estimate of drug-likeness (QED) is 0.253. The topological polar surface area (TPSA) is 3.24 Å². The van der Waals surface area contributed by atoms with Crippen molar-refractivity contribution in [3.05, 3.63) is 139 Å². The Morgan fingerprint density at radius 2 is 1.17 bits per heavy atom. The van der Waals surface area contributed by atoms with Crippen molar-refractivity contribution in [1.82, 2.24) is 0 Å². The van der Waals surface area contributed by atoms with Gasteiger partial charge >= 0.3 is 0 Å². The Labute approximate surface area is 212 Å². The van der Waals surface area contributed by atoms with Gasteiger partial charge in [0, 0.05) is 22.1 Å². The highest BCUT2D eigenvalue weighted by Gasteiger charge is 2.39. The van der Waals surface area contributed by atoms with E-state index in [1.165, 1.54) is 55.2 Å². The van der Waals surface area contributed by atoms with Gasteiger partial charge in [0.1, 0.15) is 0 Å². The molecule has 172 valence electrons. The molecule has 0 fully saturated rings. The molecule has 0 saturated carbocycles. The Hall–Kier alpha value is -4.36. The SMILES string of the molecule is CC1(C)c2ccccc2-c2c(N(c3ccccc3)c3cccc4ccccc34)cc3ccccc3c21. The molecule has 0 heterocycles. The molecule has 1 aliphatic rings. The average molecular weight is 462 g/mol. The second-order valence-electron chi connectivity index (χ2n) is 10.2. The van der Waals surface area contributed by atoms with Crippen LogP contribution in [0.3, 0.4) is 0 Å². The minimum Gasteiger partial charge on any atom is -0.309 e. The lowest BCUT2D eigenvalue weighted by atomic mass is 9.80. The largest absolute Gasteiger partial charge is 0.309 e. The van der Waals surface area contributed by atoms with Gasteiger partial charge < -0.3 is 4.90 Å². The highest BCUT2D eigenvalue weighted by molar-refractivity contribution is 6.08. The predicted octanol–water partition coefficient (Wildman–Crippen LogP) is 9.77. The van der Waals surface area contributed by atoms with Crippen molar-refractivity contribution < 1.29 is 0 Å². The van der Waals surface area contributed by atoms with Crippen LogP contribution in [0.1, 0.15) is 25.0 Å². The number of hydrogen-bond donors (Lipinski definition) is 0. The van der Waals surface area contributed by atoms with Crippen molar-refractivity contribution in [3.8, 4) is 11.1 Å². The Morgan fingerprint density at radius 3 is 2.00 bits per heavy atom. The number of benzene rings is 6. The third-order valence-corrected chi connectivity index (χ3v) is 7.79. The first-order valence-electron chi connectivity index (χ1n) is 12.6. The molecule has 0 bridgehead atoms. The summed E-state index contributed by atoms with van der Waals surface area (Å²) in [5, 5.41) is 5.10. The summed E-state index contributed by atoms with van der Waals surface area (Å²) in [5.74, 6) is 0. The molecular formula is C35H27N. The van der Waals surface area contributed by atoms with E-state index in [0.29, 0.717) is 0 Å². The first kappa shape index (κ1) is 21.0. The minimum atomic E-state index is -0.0946. The monoisotopic (exact) mass is 461 g/mol. The Morgan fingerprint density at radius 1 is 0.528 bits per heavy atom. The van der Waals surface area contributed by atoms with Gasteiger partial charge in [0.05, 0.1) is 11.4 Å². The molecule has 6 aromatic rings. The summed E-state index contributed by atoms with van der Waals surface area (Å²) in [5.41, 5.74) is 8.96. The van der Waals surface area contributed by atoms with Crippen LogP contribution in [0.25, 0.3) is 32.7 Å². The van der Waals surface area contributed by atoms with Gasteiger partial charge in [0.15, 0.2) is 0 Å².